The number of hydrogen-bond acceptors (Lipinski definition) is 6. The zero-order valence-corrected chi connectivity index (χ0v) is 12.4. The third kappa shape index (κ3) is 3.29. The van der Waals surface area contributed by atoms with Crippen molar-refractivity contribution in [2.75, 3.05) is 5.73 Å². The maximum Gasteiger partial charge on any atom is 0.323 e. The Kier molecular flexibility index (Phi) is 3.48. The molecule has 0 aromatic carbocycles. The Balaban J connectivity index is 1.74. The summed E-state index contributed by atoms with van der Waals surface area (Å²) in [6.45, 7) is 4.58. The average Bonchev–Trinajstić information content (AvgIpc) is 2.95. The van der Waals surface area contributed by atoms with Gasteiger partial charge in [-0.15, -0.1) is 0 Å². The van der Waals surface area contributed by atoms with Crippen LogP contribution in [-0.4, -0.2) is 30.8 Å². The van der Waals surface area contributed by atoms with Gasteiger partial charge >= 0.3 is 6.01 Å². The molecule has 1 aliphatic rings. The van der Waals surface area contributed by atoms with Crippen LogP contribution in [0.4, 0.5) is 5.95 Å². The molecule has 1 fully saturated rings. The highest BCUT2D eigenvalue weighted by Gasteiger charge is 2.28. The van der Waals surface area contributed by atoms with E-state index in [1.165, 1.54) is 4.68 Å². The summed E-state index contributed by atoms with van der Waals surface area (Å²) >= 11 is 0. The van der Waals surface area contributed by atoms with E-state index < -0.39 is 0 Å². The number of aromatic nitrogens is 5. The molecule has 112 valence electrons. The summed E-state index contributed by atoms with van der Waals surface area (Å²) in [6.07, 6.45) is 7.86. The lowest BCUT2D eigenvalue weighted by Gasteiger charge is -2.33. The van der Waals surface area contributed by atoms with E-state index in [1.807, 2.05) is 0 Å². The van der Waals surface area contributed by atoms with E-state index in [0.717, 1.165) is 25.7 Å². The Bertz CT molecular complexity index is 600. The van der Waals surface area contributed by atoms with Gasteiger partial charge in [-0.3, -0.25) is 0 Å². The van der Waals surface area contributed by atoms with Crippen LogP contribution in [0.1, 0.15) is 39.5 Å². The van der Waals surface area contributed by atoms with Crippen molar-refractivity contribution in [3.8, 4) is 12.0 Å². The van der Waals surface area contributed by atoms with Crippen LogP contribution in [0.3, 0.4) is 0 Å². The van der Waals surface area contributed by atoms with Gasteiger partial charge in [-0.25, -0.2) is 4.68 Å². The van der Waals surface area contributed by atoms with Gasteiger partial charge in [-0.1, -0.05) is 13.8 Å². The first-order chi connectivity index (χ1) is 10.0. The summed E-state index contributed by atoms with van der Waals surface area (Å²) < 4.78 is 7.42. The summed E-state index contributed by atoms with van der Waals surface area (Å²) in [5, 5.41) is 4.09. The number of nitrogen functional groups attached to an aromatic ring is 1. The number of ether oxygens (including phenoxy) is 1. The van der Waals surface area contributed by atoms with E-state index in [-0.39, 0.29) is 18.1 Å². The molecule has 3 rings (SSSR count). The fourth-order valence-electron chi connectivity index (χ4n) is 2.54. The fraction of sp³-hybridized carbons (Fsp3) is 0.571. The molecule has 2 heterocycles. The van der Waals surface area contributed by atoms with E-state index in [2.05, 4.69) is 33.9 Å². The Morgan fingerprint density at radius 2 is 2.00 bits per heavy atom. The third-order valence-corrected chi connectivity index (χ3v) is 3.89. The molecule has 0 amide bonds. The third-order valence-electron chi connectivity index (χ3n) is 3.89. The molecule has 1 aliphatic carbocycles. The van der Waals surface area contributed by atoms with Crippen molar-refractivity contribution in [1.82, 2.24) is 24.7 Å². The van der Waals surface area contributed by atoms with Crippen molar-refractivity contribution in [2.24, 2.45) is 5.41 Å². The van der Waals surface area contributed by atoms with Crippen LogP contribution in [0, 0.1) is 5.41 Å². The lowest BCUT2D eigenvalue weighted by molar-refractivity contribution is 0.0905. The Labute approximate surface area is 123 Å². The molecular formula is C14H20N6O. The molecule has 0 atom stereocenters. The predicted octanol–water partition coefficient (Wildman–Crippen LogP) is 1.99. The second-order valence-electron chi connectivity index (χ2n) is 6.21. The second-order valence-corrected chi connectivity index (χ2v) is 6.21. The van der Waals surface area contributed by atoms with Gasteiger partial charge in [0.15, 0.2) is 0 Å². The van der Waals surface area contributed by atoms with Crippen LogP contribution >= 0.6 is 0 Å². The van der Waals surface area contributed by atoms with Gasteiger partial charge in [0.2, 0.25) is 5.95 Å². The Hall–Kier alpha value is -2.18. The average molecular weight is 288 g/mol. The lowest BCUT2D eigenvalue weighted by atomic mass is 9.76. The quantitative estimate of drug-likeness (QED) is 0.928. The molecule has 1 saturated carbocycles. The van der Waals surface area contributed by atoms with E-state index in [4.69, 9.17) is 10.5 Å². The number of anilines is 1. The molecule has 0 aliphatic heterocycles. The van der Waals surface area contributed by atoms with Crippen LogP contribution in [0.25, 0.3) is 5.95 Å². The van der Waals surface area contributed by atoms with Crippen molar-refractivity contribution in [3.05, 3.63) is 18.5 Å². The largest absolute Gasteiger partial charge is 0.460 e. The van der Waals surface area contributed by atoms with Gasteiger partial charge < -0.3 is 10.5 Å². The molecule has 7 heteroatoms. The minimum Gasteiger partial charge on any atom is -0.460 e. The molecular weight excluding hydrogens is 268 g/mol. The van der Waals surface area contributed by atoms with Crippen molar-refractivity contribution < 1.29 is 4.74 Å². The highest BCUT2D eigenvalue weighted by atomic mass is 16.5. The van der Waals surface area contributed by atoms with Gasteiger partial charge in [0, 0.05) is 12.4 Å². The Morgan fingerprint density at radius 3 is 2.67 bits per heavy atom. The first-order valence-corrected chi connectivity index (χ1v) is 7.20. The lowest BCUT2D eigenvalue weighted by Crippen LogP contribution is -2.29. The first kappa shape index (κ1) is 13.8. The van der Waals surface area contributed by atoms with Crippen molar-refractivity contribution in [3.63, 3.8) is 0 Å². The highest BCUT2D eigenvalue weighted by molar-refractivity contribution is 5.24. The molecule has 0 unspecified atom stereocenters. The van der Waals surface area contributed by atoms with Gasteiger partial charge in [-0.05, 0) is 37.2 Å². The van der Waals surface area contributed by atoms with Gasteiger partial charge in [-0.2, -0.15) is 20.1 Å². The summed E-state index contributed by atoms with van der Waals surface area (Å²) in [5.74, 6) is 0.514. The van der Waals surface area contributed by atoms with Gasteiger partial charge in [0.05, 0.1) is 0 Å². The maximum absolute atomic E-state index is 5.88. The predicted molar refractivity (Wildman–Crippen MR) is 78.0 cm³/mol. The normalized spacial score (nSPS) is 18.6. The molecule has 2 aromatic rings. The van der Waals surface area contributed by atoms with Crippen LogP contribution in [0.2, 0.25) is 0 Å². The maximum atomic E-state index is 5.88. The van der Waals surface area contributed by atoms with Gasteiger partial charge in [0.1, 0.15) is 6.10 Å². The SMILES string of the molecule is CC1(C)CCC(Oc2nc(N)nc(-n3cccn3)n2)CC1. The molecule has 2 N–H and O–H groups in total. The smallest absolute Gasteiger partial charge is 0.323 e. The van der Waals surface area contributed by atoms with E-state index in [0.29, 0.717) is 11.4 Å². The summed E-state index contributed by atoms with van der Waals surface area (Å²) in [7, 11) is 0. The van der Waals surface area contributed by atoms with Crippen LogP contribution in [-0.2, 0) is 0 Å². The fourth-order valence-corrected chi connectivity index (χ4v) is 2.54. The van der Waals surface area contributed by atoms with Crippen molar-refractivity contribution in [2.45, 2.75) is 45.6 Å². The second kappa shape index (κ2) is 5.31. The topological polar surface area (TPSA) is 91.7 Å². The minimum atomic E-state index is 0.140. The monoisotopic (exact) mass is 288 g/mol. The standard InChI is InChI=1S/C14H20N6O/c1-14(2)6-4-10(5-7-14)21-13-18-11(15)17-12(19-13)20-9-3-8-16-20/h3,8-10H,4-7H2,1-2H3,(H2,15,17,18,19). The molecule has 21 heavy (non-hydrogen) atoms. The van der Waals surface area contributed by atoms with E-state index in [1.54, 1.807) is 18.5 Å². The number of nitrogens with zero attached hydrogens (tertiary/aromatic N) is 5. The van der Waals surface area contributed by atoms with Gasteiger partial charge in [0.25, 0.3) is 5.95 Å². The highest BCUT2D eigenvalue weighted by Crippen LogP contribution is 2.36. The number of hydrogen-bond donors (Lipinski definition) is 1. The molecule has 0 bridgehead atoms. The minimum absolute atomic E-state index is 0.140. The molecule has 0 saturated heterocycles. The molecule has 0 radical (unpaired) electrons. The summed E-state index contributed by atoms with van der Waals surface area (Å²) in [4.78, 5) is 12.4. The first-order valence-electron chi connectivity index (χ1n) is 7.20. The molecule has 2 aromatic heterocycles. The van der Waals surface area contributed by atoms with E-state index in [9.17, 15) is 0 Å². The summed E-state index contributed by atoms with van der Waals surface area (Å²) in [5.41, 5.74) is 6.13. The van der Waals surface area contributed by atoms with Crippen LogP contribution in [0.15, 0.2) is 18.5 Å². The molecule has 7 nitrogen and oxygen atoms in total. The van der Waals surface area contributed by atoms with Crippen LogP contribution < -0.4 is 10.5 Å². The van der Waals surface area contributed by atoms with Crippen molar-refractivity contribution in [1.29, 1.82) is 0 Å². The van der Waals surface area contributed by atoms with Crippen LogP contribution in [0.5, 0.6) is 6.01 Å². The summed E-state index contributed by atoms with van der Waals surface area (Å²) in [6, 6.07) is 2.07. The molecule has 0 spiro atoms. The Morgan fingerprint density at radius 1 is 1.24 bits per heavy atom. The number of rotatable bonds is 3. The van der Waals surface area contributed by atoms with E-state index >= 15 is 0 Å². The zero-order chi connectivity index (χ0) is 14.9. The van der Waals surface area contributed by atoms with Crippen molar-refractivity contribution >= 4 is 5.95 Å². The number of nitrogens with two attached hydrogens (primary N) is 1. The zero-order valence-electron chi connectivity index (χ0n) is 12.4.